The van der Waals surface area contributed by atoms with Gasteiger partial charge in [0.25, 0.3) is 5.91 Å². The van der Waals surface area contributed by atoms with E-state index in [4.69, 9.17) is 16.0 Å². The molecule has 0 saturated heterocycles. The Balaban J connectivity index is 1.49. The molecule has 1 atom stereocenters. The number of aromatic nitrogens is 2. The topological polar surface area (TPSA) is 80.4 Å². The first-order valence-electron chi connectivity index (χ1n) is 12.4. The number of benzene rings is 1. The van der Waals surface area contributed by atoms with Crippen LogP contribution in [0, 0.1) is 0 Å². The van der Waals surface area contributed by atoms with E-state index in [1.807, 2.05) is 25.1 Å². The number of furan rings is 1. The number of carbonyl (C=O) groups is 2. The minimum absolute atomic E-state index is 0.120. The molecule has 5 rings (SSSR count). The summed E-state index contributed by atoms with van der Waals surface area (Å²) in [5.74, 6) is 0.180. The molecule has 1 fully saturated rings. The van der Waals surface area contributed by atoms with E-state index in [9.17, 15) is 9.59 Å². The zero-order valence-corrected chi connectivity index (χ0v) is 20.8. The molecular formula is C27H31ClN4O3. The van der Waals surface area contributed by atoms with Crippen LogP contribution in [0.25, 0.3) is 11.5 Å². The predicted molar refractivity (Wildman–Crippen MR) is 134 cm³/mol. The van der Waals surface area contributed by atoms with Crippen molar-refractivity contribution in [1.29, 1.82) is 0 Å². The quantitative estimate of drug-likeness (QED) is 0.512. The Kier molecular flexibility index (Phi) is 6.69. The molecule has 3 aromatic rings. The number of fused-ring (bicyclic) bond motifs is 1. The monoisotopic (exact) mass is 494 g/mol. The third-order valence-electron chi connectivity index (χ3n) is 7.29. The lowest BCUT2D eigenvalue weighted by Crippen LogP contribution is -2.64. The highest BCUT2D eigenvalue weighted by Crippen LogP contribution is 2.33. The van der Waals surface area contributed by atoms with Gasteiger partial charge in [-0.05, 0) is 43.5 Å². The van der Waals surface area contributed by atoms with Crippen molar-refractivity contribution in [3.63, 3.8) is 0 Å². The van der Waals surface area contributed by atoms with Gasteiger partial charge in [0.1, 0.15) is 16.9 Å². The second-order valence-corrected chi connectivity index (χ2v) is 10.2. The van der Waals surface area contributed by atoms with E-state index >= 15 is 0 Å². The standard InChI is InChI=1S/C27H31ClN4O3/c1-27(26(34)29-20-11-5-3-2-4-6-12-20)18-32-23(16-22(30-32)24-14-9-15-35-24)25(33)31(27)17-19-10-7-8-13-21(19)28/h7-10,13-16,20H,2-6,11-12,17-18H2,1H3,(H,29,34)/t27-/m0/s1. The fourth-order valence-corrected chi connectivity index (χ4v) is 5.37. The van der Waals surface area contributed by atoms with Crippen LogP contribution in [0.4, 0.5) is 0 Å². The second kappa shape index (κ2) is 9.90. The van der Waals surface area contributed by atoms with Gasteiger partial charge in [0.15, 0.2) is 5.76 Å². The van der Waals surface area contributed by atoms with Crippen LogP contribution in [0.5, 0.6) is 0 Å². The first-order valence-corrected chi connectivity index (χ1v) is 12.8. The summed E-state index contributed by atoms with van der Waals surface area (Å²) in [5.41, 5.74) is 0.671. The fourth-order valence-electron chi connectivity index (χ4n) is 5.17. The molecule has 1 aliphatic carbocycles. The van der Waals surface area contributed by atoms with Crippen molar-refractivity contribution in [2.45, 2.75) is 76.5 Å². The molecule has 0 spiro atoms. The zero-order chi connectivity index (χ0) is 24.4. The molecule has 0 bridgehead atoms. The van der Waals surface area contributed by atoms with Gasteiger partial charge in [-0.1, -0.05) is 61.9 Å². The predicted octanol–water partition coefficient (Wildman–Crippen LogP) is 5.44. The first kappa shape index (κ1) is 23.7. The molecule has 2 aromatic heterocycles. The maximum atomic E-state index is 13.9. The Morgan fingerprint density at radius 2 is 1.89 bits per heavy atom. The molecule has 2 aliphatic rings. The van der Waals surface area contributed by atoms with Crippen molar-refractivity contribution in [3.8, 4) is 11.5 Å². The second-order valence-electron chi connectivity index (χ2n) is 9.82. The van der Waals surface area contributed by atoms with Crippen molar-refractivity contribution in [2.24, 2.45) is 0 Å². The maximum Gasteiger partial charge on any atom is 0.273 e. The van der Waals surface area contributed by atoms with Crippen molar-refractivity contribution in [2.75, 3.05) is 0 Å². The van der Waals surface area contributed by atoms with Gasteiger partial charge in [-0.3, -0.25) is 14.3 Å². The van der Waals surface area contributed by atoms with E-state index in [1.54, 1.807) is 40.1 Å². The fraction of sp³-hybridized carbons (Fsp3) is 0.444. The molecule has 35 heavy (non-hydrogen) atoms. The molecule has 2 amide bonds. The SMILES string of the molecule is C[C@@]1(C(=O)NC2CCCCCCC2)Cn2nc(-c3ccco3)cc2C(=O)N1Cc1ccccc1Cl. The summed E-state index contributed by atoms with van der Waals surface area (Å²) in [6.45, 7) is 2.31. The van der Waals surface area contributed by atoms with Crippen LogP contribution < -0.4 is 5.32 Å². The molecule has 1 aliphatic heterocycles. The molecule has 0 unspecified atom stereocenters. The Morgan fingerprint density at radius 1 is 1.14 bits per heavy atom. The van der Waals surface area contributed by atoms with Crippen molar-refractivity contribution in [1.82, 2.24) is 20.0 Å². The van der Waals surface area contributed by atoms with E-state index in [0.29, 0.717) is 22.2 Å². The summed E-state index contributed by atoms with van der Waals surface area (Å²) in [5, 5.41) is 8.48. The Hall–Kier alpha value is -3.06. The summed E-state index contributed by atoms with van der Waals surface area (Å²) in [7, 11) is 0. The van der Waals surface area contributed by atoms with Gasteiger partial charge in [-0.25, -0.2) is 0 Å². The molecule has 1 saturated carbocycles. The Morgan fingerprint density at radius 3 is 2.60 bits per heavy atom. The number of amides is 2. The van der Waals surface area contributed by atoms with E-state index < -0.39 is 5.54 Å². The number of nitrogens with one attached hydrogen (secondary N) is 1. The highest BCUT2D eigenvalue weighted by Gasteiger charge is 2.48. The number of halogens is 1. The van der Waals surface area contributed by atoms with Crippen LogP contribution in [-0.4, -0.2) is 38.1 Å². The lowest BCUT2D eigenvalue weighted by atomic mass is 9.92. The Labute approximate surface area is 210 Å². The van der Waals surface area contributed by atoms with E-state index in [-0.39, 0.29) is 30.9 Å². The molecule has 3 heterocycles. The third kappa shape index (κ3) is 4.74. The van der Waals surface area contributed by atoms with Gasteiger partial charge in [0.05, 0.1) is 12.8 Å². The van der Waals surface area contributed by atoms with Crippen molar-refractivity contribution in [3.05, 3.63) is 65.0 Å². The van der Waals surface area contributed by atoms with Crippen LogP contribution in [0.15, 0.2) is 53.1 Å². The highest BCUT2D eigenvalue weighted by molar-refractivity contribution is 6.31. The summed E-state index contributed by atoms with van der Waals surface area (Å²) in [6, 6.07) is 12.9. The average Bonchev–Trinajstić information content (AvgIpc) is 3.49. The lowest BCUT2D eigenvalue weighted by molar-refractivity contribution is -0.134. The van der Waals surface area contributed by atoms with Gasteiger partial charge >= 0.3 is 0 Å². The average molecular weight is 495 g/mol. The summed E-state index contributed by atoms with van der Waals surface area (Å²) in [4.78, 5) is 29.4. The van der Waals surface area contributed by atoms with Crippen molar-refractivity contribution < 1.29 is 14.0 Å². The van der Waals surface area contributed by atoms with Gasteiger partial charge in [-0.2, -0.15) is 5.10 Å². The van der Waals surface area contributed by atoms with E-state index in [0.717, 1.165) is 31.2 Å². The van der Waals surface area contributed by atoms with E-state index in [1.165, 1.54) is 19.3 Å². The van der Waals surface area contributed by atoms with Crippen LogP contribution >= 0.6 is 11.6 Å². The van der Waals surface area contributed by atoms with Crippen LogP contribution in [0.3, 0.4) is 0 Å². The van der Waals surface area contributed by atoms with E-state index in [2.05, 4.69) is 10.4 Å². The minimum atomic E-state index is -1.13. The largest absolute Gasteiger partial charge is 0.463 e. The van der Waals surface area contributed by atoms with Crippen LogP contribution in [-0.2, 0) is 17.9 Å². The number of hydrogen-bond acceptors (Lipinski definition) is 4. The molecular weight excluding hydrogens is 464 g/mol. The molecule has 1 aromatic carbocycles. The number of nitrogens with zero attached hydrogens (tertiary/aromatic N) is 3. The molecule has 184 valence electrons. The van der Waals surface area contributed by atoms with Gasteiger partial charge in [0.2, 0.25) is 5.91 Å². The smallest absolute Gasteiger partial charge is 0.273 e. The van der Waals surface area contributed by atoms with Gasteiger partial charge < -0.3 is 14.6 Å². The number of hydrogen-bond donors (Lipinski definition) is 1. The van der Waals surface area contributed by atoms with Crippen LogP contribution in [0.2, 0.25) is 5.02 Å². The minimum Gasteiger partial charge on any atom is -0.463 e. The number of carbonyl (C=O) groups excluding carboxylic acids is 2. The van der Waals surface area contributed by atoms with Crippen molar-refractivity contribution >= 4 is 23.4 Å². The van der Waals surface area contributed by atoms with Gasteiger partial charge in [0, 0.05) is 23.7 Å². The Bertz CT molecular complexity index is 1200. The van der Waals surface area contributed by atoms with Crippen LogP contribution in [0.1, 0.15) is 67.9 Å². The maximum absolute atomic E-state index is 13.9. The summed E-state index contributed by atoms with van der Waals surface area (Å²) in [6.07, 6.45) is 9.40. The molecule has 0 radical (unpaired) electrons. The number of rotatable bonds is 5. The lowest BCUT2D eigenvalue weighted by Gasteiger charge is -2.44. The zero-order valence-electron chi connectivity index (χ0n) is 20.0. The highest BCUT2D eigenvalue weighted by atomic mass is 35.5. The summed E-state index contributed by atoms with van der Waals surface area (Å²) >= 11 is 6.46. The molecule has 8 heteroatoms. The van der Waals surface area contributed by atoms with Gasteiger partial charge in [-0.15, -0.1) is 0 Å². The normalized spacial score (nSPS) is 21.3. The molecule has 1 N–H and O–H groups in total. The molecule has 7 nitrogen and oxygen atoms in total. The third-order valence-corrected chi connectivity index (χ3v) is 7.66. The summed E-state index contributed by atoms with van der Waals surface area (Å²) < 4.78 is 7.14. The first-order chi connectivity index (χ1) is 17.0.